The molecule has 0 aromatic rings. The molecule has 3 atom stereocenters. The Balaban J connectivity index is 5.82. The van der Waals surface area contributed by atoms with Crippen molar-refractivity contribution in [3.05, 3.63) is 0 Å². The van der Waals surface area contributed by atoms with E-state index < -0.39 is 75.5 Å². The van der Waals surface area contributed by atoms with Gasteiger partial charge in [0.15, 0.2) is 0 Å². The van der Waals surface area contributed by atoms with Gasteiger partial charge in [-0.2, -0.15) is 25.3 Å². The maximum atomic E-state index is 11.5. The first kappa shape index (κ1) is 33.7. The molecule has 0 saturated carbocycles. The van der Waals surface area contributed by atoms with Gasteiger partial charge in [0, 0.05) is 13.1 Å². The molecular weight excluding hydrogens is 536 g/mol. The predicted molar refractivity (Wildman–Crippen MR) is 128 cm³/mol. The zero-order valence-corrected chi connectivity index (χ0v) is 23.2. The zero-order chi connectivity index (χ0) is 26.4. The lowest BCUT2D eigenvalue weighted by Crippen LogP contribution is -2.47. The van der Waals surface area contributed by atoms with Crippen molar-refractivity contribution in [2.24, 2.45) is 0 Å². The Labute approximate surface area is 204 Å². The monoisotopic (exact) mass is 574 g/mol. The van der Waals surface area contributed by atoms with Crippen LogP contribution in [0.4, 0.5) is 0 Å². The highest BCUT2D eigenvalue weighted by atomic mass is 32.2. The van der Waals surface area contributed by atoms with Crippen molar-refractivity contribution in [3.63, 3.8) is 0 Å². The standard InChI is InChI=1S/C16H38N2O12S3Si/c1-4-7-17-9-15(12-32(22,23)24)29-34(28-14(6-3)11-31(19,20)21)30-16(10-18-8-5-2)13-33(25,26)27/h14-18,34H,4-13H2,1-3H3,(H,19,20,21)(H,22,23,24)(H,25,26,27). The Morgan fingerprint density at radius 3 is 1.26 bits per heavy atom. The summed E-state index contributed by atoms with van der Waals surface area (Å²) in [7, 11) is -16.9. The van der Waals surface area contributed by atoms with E-state index >= 15 is 0 Å². The van der Waals surface area contributed by atoms with Crippen molar-refractivity contribution < 1.29 is 52.2 Å². The van der Waals surface area contributed by atoms with Gasteiger partial charge < -0.3 is 23.9 Å². The van der Waals surface area contributed by atoms with E-state index in [4.69, 9.17) is 17.8 Å². The van der Waals surface area contributed by atoms with Gasteiger partial charge in [0.05, 0.1) is 18.3 Å². The van der Waals surface area contributed by atoms with E-state index in [1.807, 2.05) is 13.8 Å². The molecule has 34 heavy (non-hydrogen) atoms. The van der Waals surface area contributed by atoms with Gasteiger partial charge in [0.2, 0.25) is 0 Å². The number of hydrogen-bond donors (Lipinski definition) is 5. The van der Waals surface area contributed by atoms with E-state index in [1.54, 1.807) is 6.92 Å². The quantitative estimate of drug-likeness (QED) is 0.0627. The van der Waals surface area contributed by atoms with Crippen molar-refractivity contribution in [1.82, 2.24) is 10.6 Å². The minimum Gasteiger partial charge on any atom is -0.372 e. The smallest absolute Gasteiger partial charge is 0.372 e. The van der Waals surface area contributed by atoms with E-state index in [1.165, 1.54) is 0 Å². The van der Waals surface area contributed by atoms with Crippen molar-refractivity contribution in [2.45, 2.75) is 58.3 Å². The van der Waals surface area contributed by atoms with Crippen LogP contribution in [0.2, 0.25) is 0 Å². The van der Waals surface area contributed by atoms with E-state index in [0.717, 1.165) is 12.8 Å². The summed E-state index contributed by atoms with van der Waals surface area (Å²) in [5, 5.41) is 5.86. The number of nitrogens with one attached hydrogen (secondary N) is 2. The van der Waals surface area contributed by atoms with Gasteiger partial charge in [-0.15, -0.1) is 0 Å². The van der Waals surface area contributed by atoms with Gasteiger partial charge in [-0.1, -0.05) is 20.8 Å². The molecule has 0 aliphatic heterocycles. The number of rotatable bonds is 21. The fraction of sp³-hybridized carbons (Fsp3) is 1.00. The second-order valence-electron chi connectivity index (χ2n) is 7.63. The first-order valence-corrected chi connectivity index (χ1v) is 17.1. The van der Waals surface area contributed by atoms with E-state index in [-0.39, 0.29) is 19.5 Å². The summed E-state index contributed by atoms with van der Waals surface area (Å²) in [5.74, 6) is -2.45. The van der Waals surface area contributed by atoms with Crippen molar-refractivity contribution >= 4 is 39.9 Å². The topological polar surface area (TPSA) is 215 Å². The summed E-state index contributed by atoms with van der Waals surface area (Å²) in [6, 6.07) is 0. The van der Waals surface area contributed by atoms with Gasteiger partial charge in [-0.25, -0.2) is 0 Å². The van der Waals surface area contributed by atoms with E-state index in [2.05, 4.69) is 10.6 Å². The molecule has 0 amide bonds. The van der Waals surface area contributed by atoms with Crippen LogP contribution >= 0.6 is 0 Å². The van der Waals surface area contributed by atoms with Gasteiger partial charge in [0.25, 0.3) is 30.4 Å². The minimum absolute atomic E-state index is 0.0318. The van der Waals surface area contributed by atoms with Crippen LogP contribution in [0, 0.1) is 0 Å². The molecule has 0 heterocycles. The summed E-state index contributed by atoms with van der Waals surface area (Å²) >= 11 is 0. The molecule has 0 aliphatic carbocycles. The van der Waals surface area contributed by atoms with Crippen LogP contribution in [0.3, 0.4) is 0 Å². The highest BCUT2D eigenvalue weighted by Gasteiger charge is 2.32. The molecular formula is C16H38N2O12S3Si. The van der Waals surface area contributed by atoms with Crippen LogP contribution in [0.1, 0.15) is 40.0 Å². The zero-order valence-electron chi connectivity index (χ0n) is 19.6. The molecule has 206 valence electrons. The maximum absolute atomic E-state index is 11.5. The molecule has 14 nitrogen and oxygen atoms in total. The molecule has 5 N–H and O–H groups in total. The molecule has 0 rings (SSSR count). The molecule has 0 aliphatic rings. The van der Waals surface area contributed by atoms with Crippen LogP contribution in [0.5, 0.6) is 0 Å². The van der Waals surface area contributed by atoms with E-state index in [9.17, 15) is 34.4 Å². The van der Waals surface area contributed by atoms with Crippen LogP contribution in [0.25, 0.3) is 0 Å². The lowest BCUT2D eigenvalue weighted by molar-refractivity contribution is 0.0216. The van der Waals surface area contributed by atoms with Gasteiger partial charge in [-0.05, 0) is 32.4 Å². The third-order valence-corrected chi connectivity index (χ3v) is 8.35. The summed E-state index contributed by atoms with van der Waals surface area (Å²) in [6.45, 7) is 6.27. The Morgan fingerprint density at radius 2 is 0.971 bits per heavy atom. The first-order valence-electron chi connectivity index (χ1n) is 10.8. The molecule has 0 saturated heterocycles. The third kappa shape index (κ3) is 20.0. The normalized spacial score (nSPS) is 16.8. The molecule has 0 fully saturated rings. The van der Waals surface area contributed by atoms with Crippen LogP contribution < -0.4 is 10.6 Å². The number of hydrogen-bond acceptors (Lipinski definition) is 11. The Bertz CT molecular complexity index is 820. The largest absolute Gasteiger partial charge is 0.485 e. The van der Waals surface area contributed by atoms with Crippen molar-refractivity contribution in [2.75, 3.05) is 43.4 Å². The SMILES string of the molecule is CCCNCC(CS(=O)(=O)O)O[SiH](OC(CC)CS(=O)(=O)O)OC(CNCCC)CS(=O)(=O)O. The molecule has 0 bridgehead atoms. The predicted octanol–water partition coefficient (Wildman–Crippen LogP) is -1.07. The van der Waals surface area contributed by atoms with Gasteiger partial charge >= 0.3 is 9.53 Å². The highest BCUT2D eigenvalue weighted by molar-refractivity contribution is 7.86. The molecule has 18 heteroatoms. The van der Waals surface area contributed by atoms with Crippen LogP contribution in [-0.4, -0.2) is 110 Å². The lowest BCUT2D eigenvalue weighted by atomic mass is 10.3. The third-order valence-electron chi connectivity index (χ3n) is 4.15. The lowest BCUT2D eigenvalue weighted by Gasteiger charge is -2.29. The Morgan fingerprint density at radius 1 is 0.647 bits per heavy atom. The molecule has 0 radical (unpaired) electrons. The Hall–Kier alpha value is -0.253. The minimum atomic E-state index is -4.48. The van der Waals surface area contributed by atoms with Crippen molar-refractivity contribution in [1.29, 1.82) is 0 Å². The van der Waals surface area contributed by atoms with Crippen LogP contribution in [-0.2, 0) is 43.6 Å². The summed E-state index contributed by atoms with van der Waals surface area (Å²) in [6.07, 6.45) is -1.90. The van der Waals surface area contributed by atoms with Crippen LogP contribution in [0.15, 0.2) is 0 Å². The molecule has 0 aromatic carbocycles. The Kier molecular flexibility index (Phi) is 16.4. The first-order chi connectivity index (χ1) is 15.6. The molecule has 0 spiro atoms. The fourth-order valence-corrected chi connectivity index (χ4v) is 7.04. The summed E-state index contributed by atoms with van der Waals surface area (Å²) in [4.78, 5) is 0. The maximum Gasteiger partial charge on any atom is 0.485 e. The average molecular weight is 575 g/mol. The highest BCUT2D eigenvalue weighted by Crippen LogP contribution is 2.12. The summed E-state index contributed by atoms with van der Waals surface area (Å²) < 4.78 is 113. The van der Waals surface area contributed by atoms with E-state index in [0.29, 0.717) is 13.1 Å². The fourth-order valence-electron chi connectivity index (χ4n) is 2.70. The summed E-state index contributed by atoms with van der Waals surface area (Å²) in [5.41, 5.74) is 0. The molecule has 0 aromatic heterocycles. The second-order valence-corrected chi connectivity index (χ2v) is 13.5. The second kappa shape index (κ2) is 16.5. The molecule has 3 unspecified atom stereocenters. The van der Waals surface area contributed by atoms with Gasteiger partial charge in [-0.3, -0.25) is 13.7 Å². The average Bonchev–Trinajstić information content (AvgIpc) is 2.64. The van der Waals surface area contributed by atoms with Gasteiger partial charge in [0.1, 0.15) is 17.3 Å². The van der Waals surface area contributed by atoms with Crippen molar-refractivity contribution in [3.8, 4) is 0 Å².